The summed E-state index contributed by atoms with van der Waals surface area (Å²) < 4.78 is 21.9. The van der Waals surface area contributed by atoms with Crippen molar-refractivity contribution in [2.45, 2.75) is 38.8 Å². The molecule has 0 spiro atoms. The number of amides is 2. The average molecular weight is 485 g/mol. The van der Waals surface area contributed by atoms with E-state index in [9.17, 15) is 9.59 Å². The van der Waals surface area contributed by atoms with E-state index in [2.05, 4.69) is 0 Å². The van der Waals surface area contributed by atoms with Gasteiger partial charge in [0.25, 0.3) is 0 Å². The summed E-state index contributed by atoms with van der Waals surface area (Å²) in [6, 6.07) is 11.2. The lowest BCUT2D eigenvalue weighted by molar-refractivity contribution is -0.154. The van der Waals surface area contributed by atoms with Crippen LogP contribution in [-0.4, -0.2) is 81.8 Å². The smallest absolute Gasteiger partial charge is 0.246 e. The van der Waals surface area contributed by atoms with Crippen LogP contribution in [0.3, 0.4) is 0 Å². The van der Waals surface area contributed by atoms with Crippen molar-refractivity contribution in [1.82, 2.24) is 9.80 Å². The number of ether oxygens (including phenoxy) is 4. The minimum Gasteiger partial charge on any atom is -0.493 e. The van der Waals surface area contributed by atoms with E-state index >= 15 is 0 Å². The molecule has 1 fully saturated rings. The number of methoxy groups -OCH3 is 3. The van der Waals surface area contributed by atoms with Crippen molar-refractivity contribution >= 4 is 11.8 Å². The van der Waals surface area contributed by atoms with Gasteiger partial charge in [0.05, 0.1) is 34.0 Å². The first-order valence-corrected chi connectivity index (χ1v) is 11.8. The third-order valence-electron chi connectivity index (χ3n) is 6.19. The maximum Gasteiger partial charge on any atom is 0.246 e. The van der Waals surface area contributed by atoms with Crippen molar-refractivity contribution in [3.05, 3.63) is 42.0 Å². The Morgan fingerprint density at radius 2 is 1.57 bits per heavy atom. The van der Waals surface area contributed by atoms with E-state index in [1.165, 1.54) is 0 Å². The van der Waals surface area contributed by atoms with Gasteiger partial charge in [0.1, 0.15) is 6.04 Å². The van der Waals surface area contributed by atoms with Crippen molar-refractivity contribution < 1.29 is 28.5 Å². The maximum atomic E-state index is 13.2. The molecule has 190 valence electrons. The number of hydrogen-bond acceptors (Lipinski definition) is 6. The van der Waals surface area contributed by atoms with Crippen LogP contribution in [0.4, 0.5) is 0 Å². The Balaban J connectivity index is 1.73. The summed E-state index contributed by atoms with van der Waals surface area (Å²) in [5.74, 6) is 1.63. The summed E-state index contributed by atoms with van der Waals surface area (Å²) in [6.45, 7) is 5.16. The molecule has 2 amide bonds. The SMILES string of the molecule is COc1cc(-c2ccc(C[C@H]3C(=O)N(CCCOC(C)C)CC(=O)N3C)cc2)cc(OC)c1OC. The van der Waals surface area contributed by atoms with Crippen molar-refractivity contribution in [3.63, 3.8) is 0 Å². The summed E-state index contributed by atoms with van der Waals surface area (Å²) in [5, 5.41) is 0. The highest BCUT2D eigenvalue weighted by Crippen LogP contribution is 2.41. The zero-order valence-electron chi connectivity index (χ0n) is 21.5. The maximum absolute atomic E-state index is 13.2. The fraction of sp³-hybridized carbons (Fsp3) is 0.481. The quantitative estimate of drug-likeness (QED) is 0.455. The van der Waals surface area contributed by atoms with Gasteiger partial charge in [-0.1, -0.05) is 24.3 Å². The molecule has 2 aromatic carbocycles. The van der Waals surface area contributed by atoms with Gasteiger partial charge in [-0.3, -0.25) is 9.59 Å². The topological polar surface area (TPSA) is 77.5 Å². The number of likely N-dealkylation sites (N-methyl/N-ethyl adjacent to an activating group) is 1. The van der Waals surface area contributed by atoms with Crippen LogP contribution in [0, 0.1) is 0 Å². The van der Waals surface area contributed by atoms with Crippen molar-refractivity contribution in [2.24, 2.45) is 0 Å². The first-order chi connectivity index (χ1) is 16.8. The van der Waals surface area contributed by atoms with Crippen LogP contribution in [0.2, 0.25) is 0 Å². The number of hydrogen-bond donors (Lipinski definition) is 0. The van der Waals surface area contributed by atoms with E-state index in [-0.39, 0.29) is 24.5 Å². The van der Waals surface area contributed by atoms with Crippen LogP contribution in [0.25, 0.3) is 11.1 Å². The number of benzene rings is 2. The minimum atomic E-state index is -0.519. The molecule has 0 saturated carbocycles. The molecular formula is C27H36N2O6. The van der Waals surface area contributed by atoms with Crippen LogP contribution in [0.5, 0.6) is 17.2 Å². The van der Waals surface area contributed by atoms with E-state index in [4.69, 9.17) is 18.9 Å². The second kappa shape index (κ2) is 11.9. The van der Waals surface area contributed by atoms with E-state index in [1.807, 2.05) is 50.2 Å². The number of rotatable bonds is 11. The Kier molecular flexibility index (Phi) is 8.98. The second-order valence-corrected chi connectivity index (χ2v) is 8.87. The number of carbonyl (C=O) groups is 2. The highest BCUT2D eigenvalue weighted by Gasteiger charge is 2.36. The third kappa shape index (κ3) is 6.25. The van der Waals surface area contributed by atoms with Crippen LogP contribution in [0.15, 0.2) is 36.4 Å². The lowest BCUT2D eigenvalue weighted by Gasteiger charge is -2.38. The van der Waals surface area contributed by atoms with Gasteiger partial charge in [-0.2, -0.15) is 0 Å². The van der Waals surface area contributed by atoms with Gasteiger partial charge in [0, 0.05) is 26.6 Å². The molecule has 8 heteroatoms. The molecule has 1 saturated heterocycles. The standard InChI is InChI=1S/C27H36N2O6/c1-18(2)35-13-7-12-29-17-25(30)28(3)22(27(29)31)14-19-8-10-20(11-9-19)21-15-23(32-4)26(34-6)24(16-21)33-5/h8-11,15-16,18,22H,7,12-14,17H2,1-6H3/t22-/m0/s1. The van der Waals surface area contributed by atoms with E-state index in [1.54, 1.807) is 38.2 Å². The lowest BCUT2D eigenvalue weighted by Crippen LogP contribution is -2.59. The number of carbonyl (C=O) groups excluding carboxylic acids is 2. The normalized spacial score (nSPS) is 16.1. The molecule has 8 nitrogen and oxygen atoms in total. The summed E-state index contributed by atoms with van der Waals surface area (Å²) in [6.07, 6.45) is 1.31. The average Bonchev–Trinajstić information content (AvgIpc) is 2.86. The Hall–Kier alpha value is -3.26. The zero-order valence-corrected chi connectivity index (χ0v) is 21.5. The molecule has 0 radical (unpaired) electrons. The minimum absolute atomic E-state index is 0.0228. The Labute approximate surface area is 207 Å². The van der Waals surface area contributed by atoms with Crippen LogP contribution in [0.1, 0.15) is 25.8 Å². The van der Waals surface area contributed by atoms with Crippen LogP contribution < -0.4 is 14.2 Å². The molecule has 0 bridgehead atoms. The zero-order chi connectivity index (χ0) is 25.5. The fourth-order valence-electron chi connectivity index (χ4n) is 4.20. The fourth-order valence-corrected chi connectivity index (χ4v) is 4.20. The third-order valence-corrected chi connectivity index (χ3v) is 6.19. The molecule has 1 heterocycles. The predicted octanol–water partition coefficient (Wildman–Crippen LogP) is 3.41. The molecule has 1 aliphatic rings. The molecule has 35 heavy (non-hydrogen) atoms. The predicted molar refractivity (Wildman–Crippen MR) is 134 cm³/mol. The van der Waals surface area contributed by atoms with E-state index in [0.717, 1.165) is 16.7 Å². The van der Waals surface area contributed by atoms with Gasteiger partial charge in [-0.05, 0) is 49.1 Å². The van der Waals surface area contributed by atoms with Gasteiger partial charge in [-0.25, -0.2) is 0 Å². The highest BCUT2D eigenvalue weighted by molar-refractivity contribution is 5.95. The first-order valence-electron chi connectivity index (χ1n) is 11.8. The Bertz CT molecular complexity index is 996. The molecule has 0 aliphatic carbocycles. The van der Waals surface area contributed by atoms with E-state index < -0.39 is 6.04 Å². The van der Waals surface area contributed by atoms with Crippen LogP contribution >= 0.6 is 0 Å². The van der Waals surface area contributed by atoms with Crippen molar-refractivity contribution in [1.29, 1.82) is 0 Å². The van der Waals surface area contributed by atoms with Gasteiger partial charge in [0.15, 0.2) is 11.5 Å². The summed E-state index contributed by atoms with van der Waals surface area (Å²) in [7, 11) is 6.45. The summed E-state index contributed by atoms with van der Waals surface area (Å²) in [4.78, 5) is 28.9. The van der Waals surface area contributed by atoms with Crippen molar-refractivity contribution in [2.75, 3.05) is 48.1 Å². The lowest BCUT2D eigenvalue weighted by atomic mass is 9.98. The van der Waals surface area contributed by atoms with Gasteiger partial charge >= 0.3 is 0 Å². The van der Waals surface area contributed by atoms with Gasteiger partial charge in [-0.15, -0.1) is 0 Å². The molecule has 3 rings (SSSR count). The molecule has 1 atom stereocenters. The van der Waals surface area contributed by atoms with Gasteiger partial charge < -0.3 is 28.7 Å². The molecule has 0 aromatic heterocycles. The summed E-state index contributed by atoms with van der Waals surface area (Å²) in [5.41, 5.74) is 2.87. The Morgan fingerprint density at radius 1 is 0.943 bits per heavy atom. The Morgan fingerprint density at radius 3 is 2.11 bits per heavy atom. The monoisotopic (exact) mass is 484 g/mol. The largest absolute Gasteiger partial charge is 0.493 e. The molecule has 1 aliphatic heterocycles. The first kappa shape index (κ1) is 26.3. The number of nitrogens with zero attached hydrogens (tertiary/aromatic N) is 2. The van der Waals surface area contributed by atoms with Gasteiger partial charge in [0.2, 0.25) is 17.6 Å². The molecular weight excluding hydrogens is 448 g/mol. The summed E-state index contributed by atoms with van der Waals surface area (Å²) >= 11 is 0. The van der Waals surface area contributed by atoms with Crippen molar-refractivity contribution in [3.8, 4) is 28.4 Å². The molecule has 2 aromatic rings. The highest BCUT2D eigenvalue weighted by atomic mass is 16.5. The number of piperazine rings is 1. The van der Waals surface area contributed by atoms with E-state index in [0.29, 0.717) is 43.2 Å². The van der Waals surface area contributed by atoms with Crippen LogP contribution in [-0.2, 0) is 20.7 Å². The molecule has 0 N–H and O–H groups in total. The second-order valence-electron chi connectivity index (χ2n) is 8.87. The molecule has 0 unspecified atom stereocenters.